The van der Waals surface area contributed by atoms with Gasteiger partial charge in [-0.3, -0.25) is 4.79 Å². The molecule has 2 N–H and O–H groups in total. The van der Waals surface area contributed by atoms with E-state index in [0.29, 0.717) is 17.9 Å². The van der Waals surface area contributed by atoms with E-state index >= 15 is 0 Å². The van der Waals surface area contributed by atoms with Crippen LogP contribution in [0.3, 0.4) is 0 Å². The van der Waals surface area contributed by atoms with E-state index in [1.165, 1.54) is 12.1 Å². The molecule has 33 heavy (non-hydrogen) atoms. The maximum absolute atomic E-state index is 13.4. The number of imidazole rings is 1. The molecule has 172 valence electrons. The fourth-order valence-corrected chi connectivity index (χ4v) is 3.58. The summed E-state index contributed by atoms with van der Waals surface area (Å²) in [6.45, 7) is 9.74. The van der Waals surface area contributed by atoms with Gasteiger partial charge >= 0.3 is 0 Å². The van der Waals surface area contributed by atoms with Crippen molar-refractivity contribution in [2.45, 2.75) is 33.2 Å². The second-order valence-electron chi connectivity index (χ2n) is 7.78. The third-order valence-corrected chi connectivity index (χ3v) is 5.47. The number of methoxy groups -OCH3 is 1. The number of ether oxygens (including phenoxy) is 1. The lowest BCUT2D eigenvalue weighted by Gasteiger charge is -2.31. The van der Waals surface area contributed by atoms with Crippen LogP contribution in [0.2, 0.25) is 0 Å². The van der Waals surface area contributed by atoms with Gasteiger partial charge in [0.25, 0.3) is 5.91 Å². The van der Waals surface area contributed by atoms with Gasteiger partial charge in [0.05, 0.1) is 36.6 Å². The molecule has 0 aliphatic heterocycles. The fraction of sp³-hybridized carbons (Fsp3) is 0.231. The number of allylic oxidation sites excluding steroid dienone is 1. The Labute approximate surface area is 193 Å². The highest BCUT2D eigenvalue weighted by Crippen LogP contribution is 2.28. The number of carbonyl (C=O) groups excluding carboxylic acids is 1. The van der Waals surface area contributed by atoms with Gasteiger partial charge in [0.2, 0.25) is 0 Å². The zero-order valence-electron chi connectivity index (χ0n) is 19.4. The smallest absolute Gasteiger partial charge is 0.274 e. The second kappa shape index (κ2) is 10.2. The van der Waals surface area contributed by atoms with E-state index < -0.39 is 0 Å². The maximum atomic E-state index is 13.4. The number of nitrogens with two attached hydrogens (primary N) is 1. The van der Waals surface area contributed by atoms with Crippen molar-refractivity contribution in [3.63, 3.8) is 0 Å². The molecule has 0 fully saturated rings. The Morgan fingerprint density at radius 3 is 2.58 bits per heavy atom. The number of rotatable bonds is 8. The summed E-state index contributed by atoms with van der Waals surface area (Å²) in [5.74, 6) is -0.0799. The number of nitrogens with zero attached hydrogens (tertiary/aromatic N) is 3. The van der Waals surface area contributed by atoms with Crippen molar-refractivity contribution < 1.29 is 13.9 Å². The molecule has 0 spiro atoms. The molecule has 0 aliphatic rings. The lowest BCUT2D eigenvalue weighted by atomic mass is 10.0. The van der Waals surface area contributed by atoms with E-state index in [1.54, 1.807) is 36.5 Å². The molecule has 6 nitrogen and oxygen atoms in total. The molecule has 3 aromatic rings. The highest BCUT2D eigenvalue weighted by atomic mass is 19.1. The molecule has 0 bridgehead atoms. The zero-order valence-corrected chi connectivity index (χ0v) is 19.4. The molecule has 0 saturated carbocycles. The first-order valence-corrected chi connectivity index (χ1v) is 10.7. The van der Waals surface area contributed by atoms with Gasteiger partial charge in [-0.15, -0.1) is 0 Å². The summed E-state index contributed by atoms with van der Waals surface area (Å²) >= 11 is 0. The van der Waals surface area contributed by atoms with E-state index in [9.17, 15) is 9.18 Å². The SMILES string of the molecule is C=C(CC)N(C(=O)/C(N)=C/c1ccc(-n2cnc(C)c2)c(OC)c1)[C@@H](C)c1ccc(F)cc1. The molecule has 2 aromatic carbocycles. The minimum absolute atomic E-state index is 0.0619. The summed E-state index contributed by atoms with van der Waals surface area (Å²) in [5.41, 5.74) is 10.1. The number of hydrogen-bond donors (Lipinski definition) is 1. The average Bonchev–Trinajstić information content (AvgIpc) is 3.25. The minimum atomic E-state index is -0.369. The summed E-state index contributed by atoms with van der Waals surface area (Å²) < 4.78 is 20.8. The number of benzene rings is 2. The highest BCUT2D eigenvalue weighted by Gasteiger charge is 2.25. The van der Waals surface area contributed by atoms with Crippen molar-refractivity contribution in [3.05, 3.63) is 95.6 Å². The van der Waals surface area contributed by atoms with Gasteiger partial charge < -0.3 is 19.9 Å². The van der Waals surface area contributed by atoms with Crippen LogP contribution in [-0.4, -0.2) is 27.5 Å². The van der Waals surface area contributed by atoms with Crippen LogP contribution in [0.4, 0.5) is 4.39 Å². The topological polar surface area (TPSA) is 73.4 Å². The molecule has 0 radical (unpaired) electrons. The third kappa shape index (κ3) is 5.31. The van der Waals surface area contributed by atoms with Crippen molar-refractivity contribution in [2.75, 3.05) is 7.11 Å². The highest BCUT2D eigenvalue weighted by molar-refractivity contribution is 5.98. The Balaban J connectivity index is 1.91. The summed E-state index contributed by atoms with van der Waals surface area (Å²) in [6.07, 6.45) is 5.79. The van der Waals surface area contributed by atoms with Crippen LogP contribution in [0.15, 0.2) is 73.0 Å². The zero-order chi connectivity index (χ0) is 24.1. The van der Waals surface area contributed by atoms with Crippen LogP contribution in [0.25, 0.3) is 11.8 Å². The van der Waals surface area contributed by atoms with E-state index in [0.717, 1.165) is 22.5 Å². The molecule has 1 amide bonds. The molecule has 1 aromatic heterocycles. The second-order valence-corrected chi connectivity index (χ2v) is 7.78. The first-order chi connectivity index (χ1) is 15.7. The van der Waals surface area contributed by atoms with Crippen LogP contribution >= 0.6 is 0 Å². The van der Waals surface area contributed by atoms with Gasteiger partial charge in [-0.2, -0.15) is 0 Å². The lowest BCUT2D eigenvalue weighted by molar-refractivity contribution is -0.127. The monoisotopic (exact) mass is 448 g/mol. The van der Waals surface area contributed by atoms with E-state index in [-0.39, 0.29) is 23.5 Å². The molecule has 3 rings (SSSR count). The number of aromatic nitrogens is 2. The largest absolute Gasteiger partial charge is 0.495 e. The van der Waals surface area contributed by atoms with Gasteiger partial charge in [-0.1, -0.05) is 31.7 Å². The van der Waals surface area contributed by atoms with Crippen LogP contribution < -0.4 is 10.5 Å². The lowest BCUT2D eigenvalue weighted by Crippen LogP contribution is -2.35. The summed E-state index contributed by atoms with van der Waals surface area (Å²) in [7, 11) is 1.59. The summed E-state index contributed by atoms with van der Waals surface area (Å²) in [4.78, 5) is 19.1. The average molecular weight is 449 g/mol. The van der Waals surface area contributed by atoms with Crippen molar-refractivity contribution in [1.29, 1.82) is 0 Å². The first-order valence-electron chi connectivity index (χ1n) is 10.7. The predicted molar refractivity (Wildman–Crippen MR) is 128 cm³/mol. The van der Waals surface area contributed by atoms with Crippen molar-refractivity contribution >= 4 is 12.0 Å². The number of halogens is 1. The Hall–Kier alpha value is -3.87. The number of amides is 1. The quantitative estimate of drug-likeness (QED) is 0.484. The Bertz CT molecular complexity index is 1180. The van der Waals surface area contributed by atoms with E-state index in [2.05, 4.69) is 11.6 Å². The first kappa shape index (κ1) is 23.8. The van der Waals surface area contributed by atoms with Crippen LogP contribution in [0.1, 0.15) is 43.1 Å². The fourth-order valence-electron chi connectivity index (χ4n) is 3.58. The van der Waals surface area contributed by atoms with Crippen LogP contribution in [0.5, 0.6) is 5.75 Å². The Morgan fingerprint density at radius 2 is 2.00 bits per heavy atom. The predicted octanol–water partition coefficient (Wildman–Crippen LogP) is 5.14. The normalized spacial score (nSPS) is 12.3. The number of aryl methyl sites for hydroxylation is 1. The van der Waals surface area contributed by atoms with Crippen molar-refractivity contribution in [2.24, 2.45) is 5.73 Å². The third-order valence-electron chi connectivity index (χ3n) is 5.47. The van der Waals surface area contributed by atoms with Crippen molar-refractivity contribution in [3.8, 4) is 11.4 Å². The van der Waals surface area contributed by atoms with Gasteiger partial charge in [0, 0.05) is 11.9 Å². The molecule has 0 saturated heterocycles. The van der Waals surface area contributed by atoms with E-state index in [1.807, 2.05) is 49.7 Å². The van der Waals surface area contributed by atoms with Crippen LogP contribution in [-0.2, 0) is 4.79 Å². The van der Waals surface area contributed by atoms with Crippen LogP contribution in [0, 0.1) is 12.7 Å². The summed E-state index contributed by atoms with van der Waals surface area (Å²) in [6, 6.07) is 11.3. The number of carbonyl (C=O) groups is 1. The standard InChI is InChI=1S/C26H29FN4O2/c1-6-18(3)31(19(4)21-8-10-22(27)11-9-21)26(32)23(28)13-20-7-12-24(25(14-20)33-5)30-15-17(2)29-16-30/h7-16,19H,3,6,28H2,1-2,4-5H3/b23-13-/t19-/m0/s1. The Morgan fingerprint density at radius 1 is 1.30 bits per heavy atom. The number of hydrogen-bond acceptors (Lipinski definition) is 4. The van der Waals surface area contributed by atoms with E-state index in [4.69, 9.17) is 10.5 Å². The Kier molecular flexibility index (Phi) is 7.33. The van der Waals surface area contributed by atoms with Gasteiger partial charge in [-0.25, -0.2) is 9.37 Å². The molecule has 1 heterocycles. The van der Waals surface area contributed by atoms with Gasteiger partial charge in [0.1, 0.15) is 11.6 Å². The summed E-state index contributed by atoms with van der Waals surface area (Å²) in [5, 5.41) is 0. The maximum Gasteiger partial charge on any atom is 0.274 e. The molecule has 7 heteroatoms. The van der Waals surface area contributed by atoms with Gasteiger partial charge in [0.15, 0.2) is 0 Å². The van der Waals surface area contributed by atoms with Gasteiger partial charge in [-0.05, 0) is 61.7 Å². The molecule has 1 atom stereocenters. The van der Waals surface area contributed by atoms with Crippen molar-refractivity contribution in [1.82, 2.24) is 14.5 Å². The molecule has 0 aliphatic carbocycles. The minimum Gasteiger partial charge on any atom is -0.495 e. The molecular formula is C26H29FN4O2. The molecular weight excluding hydrogens is 419 g/mol. The molecule has 0 unspecified atom stereocenters.